The number of carbonyl (C=O) groups excluding carboxylic acids is 2. The van der Waals surface area contributed by atoms with Gasteiger partial charge in [0, 0.05) is 12.3 Å². The molecule has 0 fully saturated rings. The number of urea groups is 1. The van der Waals surface area contributed by atoms with E-state index in [1.807, 2.05) is 30.3 Å². The van der Waals surface area contributed by atoms with E-state index in [2.05, 4.69) is 15.6 Å². The number of rotatable bonds is 8. The Morgan fingerprint density at radius 2 is 1.78 bits per heavy atom. The molecule has 1 atom stereocenters. The number of ether oxygens (including phenoxy) is 1. The molecule has 0 aliphatic carbocycles. The predicted molar refractivity (Wildman–Crippen MR) is 119 cm³/mol. The van der Waals surface area contributed by atoms with Gasteiger partial charge in [0.25, 0.3) is 5.69 Å². The lowest BCUT2D eigenvalue weighted by atomic mass is 10.1. The van der Waals surface area contributed by atoms with Crippen molar-refractivity contribution >= 4 is 35.0 Å². The molecule has 10 heteroatoms. The van der Waals surface area contributed by atoms with Crippen molar-refractivity contribution in [3.63, 3.8) is 0 Å². The molecular formula is C22H19ClN4O5. The summed E-state index contributed by atoms with van der Waals surface area (Å²) in [5.41, 5.74) is 0.951. The summed E-state index contributed by atoms with van der Waals surface area (Å²) in [4.78, 5) is 39.3. The van der Waals surface area contributed by atoms with Crippen LogP contribution >= 0.6 is 11.6 Å². The Balaban J connectivity index is 1.68. The number of halogens is 1. The molecular weight excluding hydrogens is 436 g/mol. The maximum Gasteiger partial charge on any atom is 0.339 e. The number of aromatic nitrogens is 1. The Bertz CT molecular complexity index is 1090. The third-order valence-corrected chi connectivity index (χ3v) is 4.61. The Morgan fingerprint density at radius 3 is 2.47 bits per heavy atom. The fraction of sp³-hybridized carbons (Fsp3) is 0.136. The molecule has 0 bridgehead atoms. The highest BCUT2D eigenvalue weighted by molar-refractivity contribution is 6.29. The van der Waals surface area contributed by atoms with Gasteiger partial charge in [-0.15, -0.1) is 0 Å². The Kier molecular flexibility index (Phi) is 7.71. The number of nitro benzene ring substituents is 1. The minimum absolute atomic E-state index is 0.0534. The van der Waals surface area contributed by atoms with Crippen LogP contribution in [0.1, 0.15) is 15.9 Å². The van der Waals surface area contributed by atoms with Crippen LogP contribution in [0.25, 0.3) is 0 Å². The van der Waals surface area contributed by atoms with Gasteiger partial charge in [-0.05, 0) is 30.2 Å². The number of nitrogens with zero attached hydrogens (tertiary/aromatic N) is 2. The topological polar surface area (TPSA) is 123 Å². The number of para-hydroxylation sites is 2. The zero-order valence-electron chi connectivity index (χ0n) is 16.7. The van der Waals surface area contributed by atoms with Crippen molar-refractivity contribution in [2.45, 2.75) is 12.5 Å². The third kappa shape index (κ3) is 6.51. The first-order valence-corrected chi connectivity index (χ1v) is 9.93. The van der Waals surface area contributed by atoms with Crippen LogP contribution in [0.5, 0.6) is 0 Å². The fourth-order valence-electron chi connectivity index (χ4n) is 2.89. The average molecular weight is 455 g/mol. The number of amides is 2. The van der Waals surface area contributed by atoms with E-state index in [4.69, 9.17) is 16.3 Å². The van der Waals surface area contributed by atoms with E-state index >= 15 is 0 Å². The number of carbonyl (C=O) groups is 2. The van der Waals surface area contributed by atoms with Gasteiger partial charge in [0.2, 0.25) is 0 Å². The lowest BCUT2D eigenvalue weighted by molar-refractivity contribution is -0.383. The number of esters is 1. The second-order valence-electron chi connectivity index (χ2n) is 6.73. The molecule has 164 valence electrons. The van der Waals surface area contributed by atoms with Gasteiger partial charge in [-0.3, -0.25) is 10.1 Å². The standard InChI is InChI=1S/C22H19ClN4O5/c23-20-11-10-16(13-24-20)21(28)32-14-17(12-15-6-2-1-3-7-15)25-22(29)26-18-8-4-5-9-19(18)27(30)31/h1-11,13,17H,12,14H2,(H2,25,26,29)/t17-/m0/s1. The van der Waals surface area contributed by atoms with Gasteiger partial charge < -0.3 is 15.4 Å². The largest absolute Gasteiger partial charge is 0.460 e. The summed E-state index contributed by atoms with van der Waals surface area (Å²) in [6.07, 6.45) is 1.67. The summed E-state index contributed by atoms with van der Waals surface area (Å²) in [7, 11) is 0. The summed E-state index contributed by atoms with van der Waals surface area (Å²) in [5, 5.41) is 16.6. The second kappa shape index (κ2) is 10.9. The van der Waals surface area contributed by atoms with E-state index in [1.54, 1.807) is 6.07 Å². The molecule has 3 aromatic rings. The van der Waals surface area contributed by atoms with Crippen molar-refractivity contribution in [1.29, 1.82) is 0 Å². The van der Waals surface area contributed by atoms with E-state index in [-0.39, 0.29) is 28.7 Å². The lowest BCUT2D eigenvalue weighted by Gasteiger charge is -2.19. The molecule has 0 radical (unpaired) electrons. The number of benzene rings is 2. The van der Waals surface area contributed by atoms with Crippen LogP contribution in [0.15, 0.2) is 72.9 Å². The summed E-state index contributed by atoms with van der Waals surface area (Å²) < 4.78 is 5.34. The highest BCUT2D eigenvalue weighted by Crippen LogP contribution is 2.23. The third-order valence-electron chi connectivity index (χ3n) is 4.39. The molecule has 2 aromatic carbocycles. The first kappa shape index (κ1) is 22.7. The minimum Gasteiger partial charge on any atom is -0.460 e. The monoisotopic (exact) mass is 454 g/mol. The summed E-state index contributed by atoms with van der Waals surface area (Å²) in [5.74, 6) is -0.617. The van der Waals surface area contributed by atoms with Gasteiger partial charge in [-0.25, -0.2) is 14.6 Å². The zero-order chi connectivity index (χ0) is 22.9. The van der Waals surface area contributed by atoms with E-state index in [1.165, 1.54) is 36.5 Å². The number of hydrogen-bond acceptors (Lipinski definition) is 6. The van der Waals surface area contributed by atoms with E-state index in [0.717, 1.165) is 5.56 Å². The highest BCUT2D eigenvalue weighted by atomic mass is 35.5. The van der Waals surface area contributed by atoms with Gasteiger partial charge in [-0.2, -0.15) is 0 Å². The van der Waals surface area contributed by atoms with Crippen LogP contribution in [0.4, 0.5) is 16.2 Å². The van der Waals surface area contributed by atoms with E-state index < -0.39 is 23.0 Å². The van der Waals surface area contributed by atoms with Gasteiger partial charge in [0.15, 0.2) is 0 Å². The molecule has 0 spiro atoms. The number of hydrogen-bond donors (Lipinski definition) is 2. The van der Waals surface area contributed by atoms with Gasteiger partial charge in [0.1, 0.15) is 17.4 Å². The molecule has 0 saturated heterocycles. The van der Waals surface area contributed by atoms with Gasteiger partial charge >= 0.3 is 12.0 Å². The van der Waals surface area contributed by atoms with Crippen molar-refractivity contribution in [3.05, 3.63) is 99.3 Å². The van der Waals surface area contributed by atoms with Crippen molar-refractivity contribution in [2.24, 2.45) is 0 Å². The van der Waals surface area contributed by atoms with Crippen LogP contribution in [0.3, 0.4) is 0 Å². The van der Waals surface area contributed by atoms with Crippen LogP contribution in [-0.4, -0.2) is 34.6 Å². The molecule has 9 nitrogen and oxygen atoms in total. The Hall–Kier alpha value is -3.98. The Labute approximate surface area is 188 Å². The molecule has 0 unspecified atom stereocenters. The maximum absolute atomic E-state index is 12.5. The molecule has 2 N–H and O–H groups in total. The maximum atomic E-state index is 12.5. The lowest BCUT2D eigenvalue weighted by Crippen LogP contribution is -2.42. The van der Waals surface area contributed by atoms with Crippen molar-refractivity contribution in [3.8, 4) is 0 Å². The summed E-state index contributed by atoms with van der Waals surface area (Å²) in [6.45, 7) is -0.124. The van der Waals surface area contributed by atoms with Crippen LogP contribution in [0.2, 0.25) is 5.15 Å². The minimum atomic E-state index is -0.663. The molecule has 3 rings (SSSR count). The van der Waals surface area contributed by atoms with Crippen molar-refractivity contribution in [2.75, 3.05) is 11.9 Å². The quantitative estimate of drug-likeness (QED) is 0.227. The highest BCUT2D eigenvalue weighted by Gasteiger charge is 2.19. The number of pyridine rings is 1. The number of nitrogens with one attached hydrogen (secondary N) is 2. The normalized spacial score (nSPS) is 11.3. The summed E-state index contributed by atoms with van der Waals surface area (Å²) >= 11 is 5.73. The number of anilines is 1. The SMILES string of the molecule is O=C(Nc1ccccc1[N+](=O)[O-])N[C@H](COC(=O)c1ccc(Cl)nc1)Cc1ccccc1. The first-order valence-electron chi connectivity index (χ1n) is 9.56. The van der Waals surface area contributed by atoms with Gasteiger partial charge in [-0.1, -0.05) is 54.1 Å². The number of nitro groups is 1. The molecule has 1 heterocycles. The van der Waals surface area contributed by atoms with Crippen molar-refractivity contribution < 1.29 is 19.2 Å². The molecule has 2 amide bonds. The molecule has 32 heavy (non-hydrogen) atoms. The molecule has 1 aromatic heterocycles. The predicted octanol–water partition coefficient (Wildman–Crippen LogP) is 4.23. The van der Waals surface area contributed by atoms with E-state index in [0.29, 0.717) is 6.42 Å². The van der Waals surface area contributed by atoms with Gasteiger partial charge in [0.05, 0.1) is 16.5 Å². The Morgan fingerprint density at radius 1 is 1.06 bits per heavy atom. The smallest absolute Gasteiger partial charge is 0.339 e. The van der Waals surface area contributed by atoms with E-state index in [9.17, 15) is 19.7 Å². The summed E-state index contributed by atoms with van der Waals surface area (Å²) in [6, 6.07) is 16.8. The average Bonchev–Trinajstić information content (AvgIpc) is 2.78. The molecule has 0 saturated carbocycles. The van der Waals surface area contributed by atoms with Crippen LogP contribution in [0, 0.1) is 10.1 Å². The first-order chi connectivity index (χ1) is 15.4. The van der Waals surface area contributed by atoms with Crippen molar-refractivity contribution in [1.82, 2.24) is 10.3 Å². The zero-order valence-corrected chi connectivity index (χ0v) is 17.5. The second-order valence-corrected chi connectivity index (χ2v) is 7.11. The molecule has 0 aliphatic heterocycles. The van der Waals surface area contributed by atoms with Crippen LogP contribution in [-0.2, 0) is 11.2 Å². The fourth-order valence-corrected chi connectivity index (χ4v) is 3.00. The molecule has 0 aliphatic rings. The van der Waals surface area contributed by atoms with Crippen LogP contribution < -0.4 is 10.6 Å².